The van der Waals surface area contributed by atoms with Gasteiger partial charge in [-0.1, -0.05) is 12.1 Å². The van der Waals surface area contributed by atoms with Gasteiger partial charge in [-0.2, -0.15) is 0 Å². The molecule has 0 aliphatic heterocycles. The minimum atomic E-state index is -0.946. The van der Waals surface area contributed by atoms with E-state index in [9.17, 15) is 18.0 Å². The average Bonchev–Trinajstić information content (AvgIpc) is 2.41. The average molecular weight is 266 g/mol. The van der Waals surface area contributed by atoms with Crippen molar-refractivity contribution >= 4 is 5.97 Å². The lowest BCUT2D eigenvalue weighted by Crippen LogP contribution is -2.05. The van der Waals surface area contributed by atoms with Gasteiger partial charge in [0, 0.05) is 11.1 Å². The molecular weight excluding hydrogens is 257 g/mol. The maximum absolute atomic E-state index is 14.1. The SMILES string of the molecule is COC(=O)c1cccc(-c2cc(F)ccc2F)c1F. The molecule has 2 nitrogen and oxygen atoms in total. The highest BCUT2D eigenvalue weighted by Gasteiger charge is 2.18. The van der Waals surface area contributed by atoms with Crippen LogP contribution >= 0.6 is 0 Å². The molecule has 0 aromatic heterocycles. The Morgan fingerprint density at radius 1 is 1.05 bits per heavy atom. The lowest BCUT2D eigenvalue weighted by molar-refractivity contribution is 0.0595. The molecule has 0 N–H and O–H groups in total. The molecule has 0 saturated heterocycles. The van der Waals surface area contributed by atoms with Crippen LogP contribution in [0.1, 0.15) is 10.4 Å². The van der Waals surface area contributed by atoms with E-state index in [1.54, 1.807) is 0 Å². The summed E-state index contributed by atoms with van der Waals surface area (Å²) < 4.78 is 45.2. The number of carbonyl (C=O) groups excluding carboxylic acids is 1. The van der Waals surface area contributed by atoms with Crippen LogP contribution in [-0.4, -0.2) is 13.1 Å². The highest BCUT2D eigenvalue weighted by atomic mass is 19.1. The Kier molecular flexibility index (Phi) is 3.55. The van der Waals surface area contributed by atoms with E-state index in [2.05, 4.69) is 4.74 Å². The Morgan fingerprint density at radius 2 is 1.79 bits per heavy atom. The maximum Gasteiger partial charge on any atom is 0.340 e. The van der Waals surface area contributed by atoms with Crippen molar-refractivity contribution in [3.63, 3.8) is 0 Å². The first-order valence-corrected chi connectivity index (χ1v) is 5.37. The third-order valence-electron chi connectivity index (χ3n) is 2.62. The van der Waals surface area contributed by atoms with Gasteiger partial charge >= 0.3 is 5.97 Å². The number of ether oxygens (including phenoxy) is 1. The summed E-state index contributed by atoms with van der Waals surface area (Å²) in [4.78, 5) is 11.3. The number of halogens is 3. The van der Waals surface area contributed by atoms with E-state index in [1.165, 1.54) is 18.2 Å². The molecule has 0 spiro atoms. The number of esters is 1. The van der Waals surface area contributed by atoms with E-state index in [4.69, 9.17) is 0 Å². The Labute approximate surface area is 107 Å². The second-order valence-electron chi connectivity index (χ2n) is 3.78. The Balaban J connectivity index is 2.63. The van der Waals surface area contributed by atoms with Gasteiger partial charge in [0.05, 0.1) is 12.7 Å². The maximum atomic E-state index is 14.1. The first-order valence-electron chi connectivity index (χ1n) is 5.37. The molecule has 19 heavy (non-hydrogen) atoms. The molecule has 0 unspecified atom stereocenters. The van der Waals surface area contributed by atoms with Crippen molar-refractivity contribution < 1.29 is 22.7 Å². The van der Waals surface area contributed by atoms with Crippen LogP contribution in [0.5, 0.6) is 0 Å². The van der Waals surface area contributed by atoms with Crippen molar-refractivity contribution in [2.45, 2.75) is 0 Å². The van der Waals surface area contributed by atoms with Gasteiger partial charge < -0.3 is 4.74 Å². The summed E-state index contributed by atoms with van der Waals surface area (Å²) >= 11 is 0. The van der Waals surface area contributed by atoms with Gasteiger partial charge in [0.1, 0.15) is 17.5 Å². The van der Waals surface area contributed by atoms with Gasteiger partial charge in [0.25, 0.3) is 0 Å². The van der Waals surface area contributed by atoms with Crippen LogP contribution in [0.4, 0.5) is 13.2 Å². The van der Waals surface area contributed by atoms with Crippen LogP contribution in [0.2, 0.25) is 0 Å². The topological polar surface area (TPSA) is 26.3 Å². The fourth-order valence-electron chi connectivity index (χ4n) is 1.71. The van der Waals surface area contributed by atoms with Crippen molar-refractivity contribution in [3.05, 3.63) is 59.4 Å². The molecule has 2 rings (SSSR count). The van der Waals surface area contributed by atoms with E-state index in [-0.39, 0.29) is 16.7 Å². The Bertz CT molecular complexity index is 639. The highest BCUT2D eigenvalue weighted by Crippen LogP contribution is 2.28. The lowest BCUT2D eigenvalue weighted by atomic mass is 10.0. The second-order valence-corrected chi connectivity index (χ2v) is 3.78. The smallest absolute Gasteiger partial charge is 0.340 e. The molecule has 0 radical (unpaired) electrons. The minimum Gasteiger partial charge on any atom is -0.465 e. The third-order valence-corrected chi connectivity index (χ3v) is 2.62. The number of carbonyl (C=O) groups is 1. The predicted octanol–water partition coefficient (Wildman–Crippen LogP) is 3.56. The predicted molar refractivity (Wildman–Crippen MR) is 63.1 cm³/mol. The van der Waals surface area contributed by atoms with Gasteiger partial charge in [-0.15, -0.1) is 0 Å². The zero-order chi connectivity index (χ0) is 14.0. The largest absolute Gasteiger partial charge is 0.465 e. The summed E-state index contributed by atoms with van der Waals surface area (Å²) in [6, 6.07) is 6.54. The molecule has 98 valence electrons. The van der Waals surface area contributed by atoms with E-state index in [0.29, 0.717) is 0 Å². The lowest BCUT2D eigenvalue weighted by Gasteiger charge is -2.08. The number of hydrogen-bond acceptors (Lipinski definition) is 2. The summed E-state index contributed by atoms with van der Waals surface area (Å²) in [5.74, 6) is -3.29. The number of benzene rings is 2. The van der Waals surface area contributed by atoms with Crippen molar-refractivity contribution in [1.82, 2.24) is 0 Å². The van der Waals surface area contributed by atoms with Gasteiger partial charge in [-0.3, -0.25) is 0 Å². The Hall–Kier alpha value is -2.30. The van der Waals surface area contributed by atoms with Gasteiger partial charge in [0.15, 0.2) is 0 Å². The molecule has 5 heteroatoms. The van der Waals surface area contributed by atoms with Crippen molar-refractivity contribution in [3.8, 4) is 11.1 Å². The molecule has 0 atom stereocenters. The minimum absolute atomic E-state index is 0.195. The molecule has 2 aromatic carbocycles. The number of hydrogen-bond donors (Lipinski definition) is 0. The molecule has 0 bridgehead atoms. The molecular formula is C14H9F3O2. The molecule has 0 amide bonds. The highest BCUT2D eigenvalue weighted by molar-refractivity contribution is 5.91. The number of methoxy groups -OCH3 is 1. The molecule has 0 saturated carbocycles. The molecule has 0 heterocycles. The molecule has 0 fully saturated rings. The van der Waals surface area contributed by atoms with Crippen molar-refractivity contribution in [1.29, 1.82) is 0 Å². The van der Waals surface area contributed by atoms with E-state index >= 15 is 0 Å². The molecule has 0 aliphatic carbocycles. The normalized spacial score (nSPS) is 10.3. The molecule has 2 aromatic rings. The van der Waals surface area contributed by atoms with Crippen LogP contribution in [0.15, 0.2) is 36.4 Å². The van der Waals surface area contributed by atoms with Crippen molar-refractivity contribution in [2.75, 3.05) is 7.11 Å². The van der Waals surface area contributed by atoms with Crippen LogP contribution in [0.3, 0.4) is 0 Å². The summed E-state index contributed by atoms with van der Waals surface area (Å²) in [6.07, 6.45) is 0. The second kappa shape index (κ2) is 5.14. The zero-order valence-corrected chi connectivity index (χ0v) is 9.91. The first-order chi connectivity index (χ1) is 9.04. The van der Waals surface area contributed by atoms with E-state index in [1.807, 2.05) is 0 Å². The summed E-state index contributed by atoms with van der Waals surface area (Å²) in [5.41, 5.74) is -0.771. The standard InChI is InChI=1S/C14H9F3O2/c1-19-14(18)10-4-2-3-9(13(10)17)11-7-8(15)5-6-12(11)16/h2-7H,1H3. The monoisotopic (exact) mass is 266 g/mol. The van der Waals surface area contributed by atoms with Crippen molar-refractivity contribution in [2.24, 2.45) is 0 Å². The first kappa shape index (κ1) is 13.1. The fourth-order valence-corrected chi connectivity index (χ4v) is 1.71. The van der Waals surface area contributed by atoms with E-state index in [0.717, 1.165) is 25.3 Å². The summed E-state index contributed by atoms with van der Waals surface area (Å²) in [7, 11) is 1.11. The zero-order valence-electron chi connectivity index (χ0n) is 9.91. The van der Waals surface area contributed by atoms with Gasteiger partial charge in [-0.05, 0) is 24.3 Å². The fraction of sp³-hybridized carbons (Fsp3) is 0.0714. The molecule has 0 aliphatic rings. The van der Waals surface area contributed by atoms with Crippen LogP contribution in [0, 0.1) is 17.5 Å². The van der Waals surface area contributed by atoms with Crippen LogP contribution in [-0.2, 0) is 4.74 Å². The Morgan fingerprint density at radius 3 is 2.47 bits per heavy atom. The van der Waals surface area contributed by atoms with Gasteiger partial charge in [-0.25, -0.2) is 18.0 Å². The number of rotatable bonds is 2. The van der Waals surface area contributed by atoms with Crippen LogP contribution < -0.4 is 0 Å². The third kappa shape index (κ3) is 2.45. The van der Waals surface area contributed by atoms with Gasteiger partial charge in [0.2, 0.25) is 0 Å². The van der Waals surface area contributed by atoms with E-state index < -0.39 is 23.4 Å². The van der Waals surface area contributed by atoms with Crippen LogP contribution in [0.25, 0.3) is 11.1 Å². The summed E-state index contributed by atoms with van der Waals surface area (Å²) in [6.45, 7) is 0. The quantitative estimate of drug-likeness (QED) is 0.777. The summed E-state index contributed by atoms with van der Waals surface area (Å²) in [5, 5.41) is 0.